The van der Waals surface area contributed by atoms with E-state index < -0.39 is 0 Å². The van der Waals surface area contributed by atoms with Crippen molar-refractivity contribution in [1.29, 1.82) is 0 Å². The minimum absolute atomic E-state index is 1.19. The Morgan fingerprint density at radius 1 is 1.67 bits per heavy atom. The van der Waals surface area contributed by atoms with E-state index in [1.54, 1.807) is 18.0 Å². The molecule has 1 radical (unpaired) electrons. The number of thioether (sulfide) groups is 1. The first-order valence-electron chi connectivity index (χ1n) is 2.78. The van der Waals surface area contributed by atoms with Gasteiger partial charge in [0, 0.05) is 23.0 Å². The third-order valence-electron chi connectivity index (χ3n) is 0.888. The second kappa shape index (κ2) is 3.51. The molecule has 0 N–H and O–H groups in total. The number of hydrogen-bond donors (Lipinski definition) is 0. The number of rotatable bonds is 2. The summed E-state index contributed by atoms with van der Waals surface area (Å²) in [4.78, 5) is 5.16. The van der Waals surface area contributed by atoms with Gasteiger partial charge in [-0.3, -0.25) is 4.98 Å². The average Bonchev–Trinajstić information content (AvgIpc) is 1.91. The molecule has 9 heavy (non-hydrogen) atoms. The highest BCUT2D eigenvalue weighted by molar-refractivity contribution is 8.01. The van der Waals surface area contributed by atoms with Crippen LogP contribution < -0.4 is 0 Å². The van der Waals surface area contributed by atoms with Crippen LogP contribution in [0.4, 0.5) is 0 Å². The van der Waals surface area contributed by atoms with Gasteiger partial charge < -0.3 is 0 Å². The first-order valence-corrected chi connectivity index (χ1v) is 3.66. The highest BCUT2D eigenvalue weighted by Gasteiger charge is 1.86. The van der Waals surface area contributed by atoms with E-state index in [4.69, 9.17) is 0 Å². The van der Waals surface area contributed by atoms with E-state index in [2.05, 4.69) is 4.98 Å². The summed E-state index contributed by atoms with van der Waals surface area (Å²) in [6, 6.07) is 3.98. The van der Waals surface area contributed by atoms with Crippen LogP contribution in [0.2, 0.25) is 0 Å². The Morgan fingerprint density at radius 2 is 2.56 bits per heavy atom. The van der Waals surface area contributed by atoms with Crippen LogP contribution in [0.1, 0.15) is 6.92 Å². The molecule has 47 valence electrons. The number of aromatic nitrogens is 1. The van der Waals surface area contributed by atoms with E-state index in [1.807, 2.05) is 31.0 Å². The summed E-state index contributed by atoms with van der Waals surface area (Å²) in [6.45, 7) is 2.01. The lowest BCUT2D eigenvalue weighted by Gasteiger charge is -1.92. The molecule has 1 rings (SSSR count). The maximum absolute atomic E-state index is 3.96. The first-order chi connectivity index (χ1) is 4.43. The van der Waals surface area contributed by atoms with Crippen LogP contribution in [0, 0.1) is 5.75 Å². The van der Waals surface area contributed by atoms with Crippen LogP contribution in [-0.2, 0) is 0 Å². The summed E-state index contributed by atoms with van der Waals surface area (Å²) in [5.41, 5.74) is 0. The van der Waals surface area contributed by atoms with Gasteiger partial charge in [0.25, 0.3) is 0 Å². The van der Waals surface area contributed by atoms with Crippen molar-refractivity contribution in [2.45, 2.75) is 11.8 Å². The van der Waals surface area contributed by atoms with Gasteiger partial charge in [-0.05, 0) is 12.1 Å². The van der Waals surface area contributed by atoms with Crippen molar-refractivity contribution < 1.29 is 0 Å². The fourth-order valence-electron chi connectivity index (χ4n) is 0.553. The average molecular weight is 138 g/mol. The van der Waals surface area contributed by atoms with Crippen LogP contribution in [0.25, 0.3) is 0 Å². The molecule has 1 aromatic heterocycles. The molecule has 0 aliphatic heterocycles. The van der Waals surface area contributed by atoms with Crippen molar-refractivity contribution in [3.8, 4) is 0 Å². The molecule has 0 aromatic carbocycles. The van der Waals surface area contributed by atoms with Gasteiger partial charge in [-0.15, -0.1) is 11.8 Å². The van der Waals surface area contributed by atoms with Gasteiger partial charge in [-0.1, -0.05) is 6.92 Å². The Bertz CT molecular complexity index is 162. The van der Waals surface area contributed by atoms with Crippen LogP contribution in [0.3, 0.4) is 0 Å². The van der Waals surface area contributed by atoms with E-state index in [9.17, 15) is 0 Å². The van der Waals surface area contributed by atoms with E-state index in [0.717, 1.165) is 0 Å². The Hall–Kier alpha value is -0.500. The molecule has 0 unspecified atom stereocenters. The molecule has 0 fully saturated rings. The highest BCUT2D eigenvalue weighted by atomic mass is 32.2. The molecule has 0 aliphatic carbocycles. The fraction of sp³-hybridized carbons (Fsp3) is 0.143. The molecule has 1 heterocycles. The number of hydrogen-bond acceptors (Lipinski definition) is 2. The maximum Gasteiger partial charge on any atom is 0.0403 e. The first kappa shape index (κ1) is 6.62. The molecule has 0 saturated carbocycles. The monoisotopic (exact) mass is 138 g/mol. The van der Waals surface area contributed by atoms with Crippen LogP contribution in [-0.4, -0.2) is 4.98 Å². The highest BCUT2D eigenvalue weighted by Crippen LogP contribution is 2.17. The van der Waals surface area contributed by atoms with Gasteiger partial charge in [-0.2, -0.15) is 0 Å². The molecule has 0 saturated heterocycles. The molecular weight excluding hydrogens is 130 g/mol. The van der Waals surface area contributed by atoms with Gasteiger partial charge in [0.2, 0.25) is 0 Å². The van der Waals surface area contributed by atoms with Crippen LogP contribution in [0.5, 0.6) is 0 Å². The number of nitrogens with zero attached hydrogens (tertiary/aromatic N) is 1. The van der Waals surface area contributed by atoms with Gasteiger partial charge in [-0.25, -0.2) is 0 Å². The Labute approximate surface area is 59.5 Å². The molecule has 1 nitrogen and oxygen atoms in total. The molecule has 0 bridgehead atoms. The van der Waals surface area contributed by atoms with Crippen molar-refractivity contribution in [3.05, 3.63) is 30.3 Å². The van der Waals surface area contributed by atoms with E-state index in [-0.39, 0.29) is 0 Å². The van der Waals surface area contributed by atoms with Gasteiger partial charge in [0.15, 0.2) is 0 Å². The quantitative estimate of drug-likeness (QED) is 0.582. The molecule has 2 heteroatoms. The zero-order chi connectivity index (χ0) is 6.53. The summed E-state index contributed by atoms with van der Waals surface area (Å²) >= 11 is 1.69. The SMILES string of the molecule is C[CH]Sc1cccnc1. The summed E-state index contributed by atoms with van der Waals surface area (Å²) in [5, 5.41) is 0. The molecule has 0 amide bonds. The summed E-state index contributed by atoms with van der Waals surface area (Å²) in [6.07, 6.45) is 3.63. The predicted octanol–water partition coefficient (Wildman–Crippen LogP) is 2.36. The topological polar surface area (TPSA) is 12.9 Å². The summed E-state index contributed by atoms with van der Waals surface area (Å²) < 4.78 is 0. The fourth-order valence-corrected chi connectivity index (χ4v) is 1.10. The lowest BCUT2D eigenvalue weighted by atomic mass is 10.5. The third kappa shape index (κ3) is 2.06. The Morgan fingerprint density at radius 3 is 3.11 bits per heavy atom. The van der Waals surface area contributed by atoms with Gasteiger partial charge >= 0.3 is 0 Å². The molecular formula is C7H8NS. The van der Waals surface area contributed by atoms with Crippen molar-refractivity contribution in [1.82, 2.24) is 4.98 Å². The number of pyridine rings is 1. The lowest BCUT2D eigenvalue weighted by Crippen LogP contribution is -1.70. The lowest BCUT2D eigenvalue weighted by molar-refractivity contribution is 1.24. The summed E-state index contributed by atoms with van der Waals surface area (Å²) in [5.74, 6) is 2.04. The van der Waals surface area contributed by atoms with E-state index in [0.29, 0.717) is 0 Å². The predicted molar refractivity (Wildman–Crippen MR) is 40.1 cm³/mol. The second-order valence-corrected chi connectivity index (χ2v) is 2.72. The second-order valence-electron chi connectivity index (χ2n) is 1.54. The van der Waals surface area contributed by atoms with Crippen molar-refractivity contribution >= 4 is 11.8 Å². The van der Waals surface area contributed by atoms with Gasteiger partial charge in [0.1, 0.15) is 0 Å². The molecule has 1 aromatic rings. The van der Waals surface area contributed by atoms with E-state index >= 15 is 0 Å². The molecule has 0 atom stereocenters. The van der Waals surface area contributed by atoms with Crippen molar-refractivity contribution in [2.75, 3.05) is 0 Å². The van der Waals surface area contributed by atoms with Crippen LogP contribution >= 0.6 is 11.8 Å². The summed E-state index contributed by atoms with van der Waals surface area (Å²) in [7, 11) is 0. The molecule has 0 spiro atoms. The van der Waals surface area contributed by atoms with Gasteiger partial charge in [0.05, 0.1) is 0 Å². The van der Waals surface area contributed by atoms with E-state index in [1.165, 1.54) is 4.90 Å². The Kier molecular flexibility index (Phi) is 2.58. The Balaban J connectivity index is 2.61. The normalized spacial score (nSPS) is 9.44. The zero-order valence-corrected chi connectivity index (χ0v) is 6.06. The zero-order valence-electron chi connectivity index (χ0n) is 5.24. The minimum atomic E-state index is 1.19. The smallest absolute Gasteiger partial charge is 0.0403 e. The standard InChI is InChI=1S/C7H8NS/c1-2-9-7-4-3-5-8-6-7/h2-6H,1H3. The minimum Gasteiger partial charge on any atom is -0.264 e. The largest absolute Gasteiger partial charge is 0.264 e. The molecule has 0 aliphatic rings. The van der Waals surface area contributed by atoms with Crippen molar-refractivity contribution in [3.63, 3.8) is 0 Å². The van der Waals surface area contributed by atoms with Crippen LogP contribution in [0.15, 0.2) is 29.4 Å². The maximum atomic E-state index is 3.96. The third-order valence-corrected chi connectivity index (χ3v) is 1.64. The van der Waals surface area contributed by atoms with Crippen molar-refractivity contribution in [2.24, 2.45) is 0 Å².